The van der Waals surface area contributed by atoms with Crippen molar-refractivity contribution in [2.45, 2.75) is 72.3 Å². The van der Waals surface area contributed by atoms with Crippen molar-refractivity contribution >= 4 is 19.4 Å². The van der Waals surface area contributed by atoms with Crippen molar-refractivity contribution in [1.82, 2.24) is 15.0 Å². The predicted molar refractivity (Wildman–Crippen MR) is 82.9 cm³/mol. The van der Waals surface area contributed by atoms with Crippen molar-refractivity contribution < 1.29 is 9.53 Å². The molecule has 1 rings (SSSR count). The van der Waals surface area contributed by atoms with Crippen LogP contribution in [-0.4, -0.2) is 34.6 Å². The van der Waals surface area contributed by atoms with Gasteiger partial charge in [-0.2, -0.15) is 0 Å². The van der Waals surface area contributed by atoms with Crippen molar-refractivity contribution in [2.75, 3.05) is 0 Å². The molecule has 1 aromatic rings. The van der Waals surface area contributed by atoms with Crippen molar-refractivity contribution in [1.29, 1.82) is 0 Å². The lowest BCUT2D eigenvalue weighted by molar-refractivity contribution is -0.156. The van der Waals surface area contributed by atoms with Gasteiger partial charge in [0.25, 0.3) is 0 Å². The highest BCUT2D eigenvalue weighted by Crippen LogP contribution is 2.20. The summed E-state index contributed by atoms with van der Waals surface area (Å²) >= 11 is 0. The number of carbonyl (C=O) groups is 1. The van der Waals surface area contributed by atoms with E-state index in [1.807, 2.05) is 39.3 Å². The number of aryl methyl sites for hydroxylation is 1. The lowest BCUT2D eigenvalue weighted by Gasteiger charge is -2.24. The quantitative estimate of drug-likeness (QED) is 0.632. The largest absolute Gasteiger partial charge is 0.459 e. The van der Waals surface area contributed by atoms with E-state index in [1.165, 1.54) is 0 Å². The van der Waals surface area contributed by atoms with Gasteiger partial charge in [-0.3, -0.25) is 4.79 Å². The second-order valence-corrected chi connectivity index (χ2v) is 12.1. The summed E-state index contributed by atoms with van der Waals surface area (Å²) < 4.78 is 7.32. The Morgan fingerprint density at radius 2 is 1.90 bits per heavy atom. The van der Waals surface area contributed by atoms with Gasteiger partial charge >= 0.3 is 5.97 Å². The van der Waals surface area contributed by atoms with E-state index in [0.29, 0.717) is 6.54 Å². The molecule has 0 saturated heterocycles. The standard InChI is InChI=1S/C14H27N3O2Si/c1-9-17-11(12(15-16-17)20(6,7)8)10(2)13(18)19-14(3,4)5/h10H,9H2,1-8H3. The summed E-state index contributed by atoms with van der Waals surface area (Å²) in [5, 5.41) is 9.52. The molecule has 0 aromatic carbocycles. The summed E-state index contributed by atoms with van der Waals surface area (Å²) in [5.41, 5.74) is 0.440. The molecule has 1 heterocycles. The summed E-state index contributed by atoms with van der Waals surface area (Å²) in [6, 6.07) is 0. The fraction of sp³-hybridized carbons (Fsp3) is 0.786. The fourth-order valence-electron chi connectivity index (χ4n) is 2.02. The average Bonchev–Trinajstić information content (AvgIpc) is 2.68. The molecule has 1 aromatic heterocycles. The number of ether oxygens (including phenoxy) is 1. The molecule has 0 amide bonds. The van der Waals surface area contributed by atoms with E-state index < -0.39 is 13.7 Å². The zero-order valence-electron chi connectivity index (χ0n) is 13.9. The molecule has 1 atom stereocenters. The Morgan fingerprint density at radius 3 is 2.30 bits per heavy atom. The SMILES string of the molecule is CCn1nnc([Si](C)(C)C)c1C(C)C(=O)OC(C)(C)C. The Bertz CT molecular complexity index is 484. The Morgan fingerprint density at radius 1 is 1.35 bits per heavy atom. The van der Waals surface area contributed by atoms with Gasteiger partial charge in [-0.25, -0.2) is 4.68 Å². The van der Waals surface area contributed by atoms with Crippen LogP contribution in [0.3, 0.4) is 0 Å². The topological polar surface area (TPSA) is 57.0 Å². The van der Waals surface area contributed by atoms with Gasteiger partial charge in [0.1, 0.15) is 13.7 Å². The van der Waals surface area contributed by atoms with Crippen LogP contribution in [0.5, 0.6) is 0 Å². The summed E-state index contributed by atoms with van der Waals surface area (Å²) in [6.45, 7) is 16.9. The first-order valence-corrected chi connectivity index (χ1v) is 10.6. The van der Waals surface area contributed by atoms with Crippen molar-refractivity contribution in [2.24, 2.45) is 0 Å². The molecule has 0 spiro atoms. The van der Waals surface area contributed by atoms with Gasteiger partial charge in [0.2, 0.25) is 0 Å². The van der Waals surface area contributed by atoms with Gasteiger partial charge < -0.3 is 4.74 Å². The molecule has 0 fully saturated rings. The molecule has 0 radical (unpaired) electrons. The van der Waals surface area contributed by atoms with Crippen molar-refractivity contribution in [3.63, 3.8) is 0 Å². The molecular weight excluding hydrogens is 270 g/mol. The molecule has 6 heteroatoms. The van der Waals surface area contributed by atoms with Gasteiger partial charge in [0, 0.05) is 6.54 Å². The third kappa shape index (κ3) is 3.91. The molecule has 114 valence electrons. The number of carbonyl (C=O) groups excluding carboxylic acids is 1. The number of aromatic nitrogens is 3. The molecule has 0 aliphatic carbocycles. The van der Waals surface area contributed by atoms with Crippen molar-refractivity contribution in [3.05, 3.63) is 5.69 Å². The average molecular weight is 297 g/mol. The highest BCUT2D eigenvalue weighted by molar-refractivity contribution is 6.88. The van der Waals surface area contributed by atoms with Gasteiger partial charge in [-0.15, -0.1) is 5.10 Å². The number of hydrogen-bond donors (Lipinski definition) is 0. The zero-order valence-corrected chi connectivity index (χ0v) is 14.9. The molecular formula is C14H27N3O2Si. The molecule has 1 unspecified atom stereocenters. The maximum Gasteiger partial charge on any atom is 0.315 e. The van der Waals surface area contributed by atoms with Crippen molar-refractivity contribution in [3.8, 4) is 0 Å². The molecule has 0 aliphatic heterocycles. The zero-order chi connectivity index (χ0) is 15.7. The Hall–Kier alpha value is -1.17. The highest BCUT2D eigenvalue weighted by atomic mass is 28.3. The summed E-state index contributed by atoms with van der Waals surface area (Å²) in [7, 11) is -1.64. The van der Waals surface area contributed by atoms with Gasteiger partial charge in [-0.05, 0) is 34.6 Å². The number of nitrogens with zero attached hydrogens (tertiary/aromatic N) is 3. The number of hydrogen-bond acceptors (Lipinski definition) is 4. The molecule has 0 aliphatic rings. The van der Waals surface area contributed by atoms with E-state index in [1.54, 1.807) is 0 Å². The van der Waals surface area contributed by atoms with Crippen LogP contribution in [-0.2, 0) is 16.1 Å². The maximum atomic E-state index is 12.3. The number of rotatable bonds is 4. The summed E-state index contributed by atoms with van der Waals surface area (Å²) in [5.74, 6) is -0.556. The number of esters is 1. The van der Waals surface area contributed by atoms with Gasteiger partial charge in [0.15, 0.2) is 0 Å². The fourth-order valence-corrected chi connectivity index (χ4v) is 3.48. The third-order valence-corrected chi connectivity index (χ3v) is 4.73. The Labute approximate surface area is 122 Å². The predicted octanol–water partition coefficient (Wildman–Crippen LogP) is 2.29. The van der Waals surface area contributed by atoms with Crippen LogP contribution < -0.4 is 5.32 Å². The van der Waals surface area contributed by atoms with Crippen LogP contribution in [0.15, 0.2) is 0 Å². The minimum absolute atomic E-state index is 0.214. The van der Waals surface area contributed by atoms with Gasteiger partial charge in [0.05, 0.1) is 16.9 Å². The lowest BCUT2D eigenvalue weighted by atomic mass is 10.1. The van der Waals surface area contributed by atoms with Crippen LogP contribution in [0.2, 0.25) is 19.6 Å². The van der Waals surface area contributed by atoms with E-state index in [4.69, 9.17) is 4.74 Å². The molecule has 5 nitrogen and oxygen atoms in total. The minimum atomic E-state index is -1.64. The minimum Gasteiger partial charge on any atom is -0.459 e. The van der Waals surface area contributed by atoms with E-state index in [2.05, 4.69) is 30.0 Å². The lowest BCUT2D eigenvalue weighted by Crippen LogP contribution is -2.43. The third-order valence-electron chi connectivity index (χ3n) is 2.95. The van der Waals surface area contributed by atoms with E-state index >= 15 is 0 Å². The van der Waals surface area contributed by atoms with Crippen LogP contribution in [0, 0.1) is 0 Å². The molecule has 20 heavy (non-hydrogen) atoms. The first kappa shape index (κ1) is 16.9. The summed E-state index contributed by atoms with van der Waals surface area (Å²) in [4.78, 5) is 12.3. The molecule has 0 saturated carbocycles. The Balaban J connectivity index is 3.17. The van der Waals surface area contributed by atoms with E-state index in [-0.39, 0.29) is 11.9 Å². The summed E-state index contributed by atoms with van der Waals surface area (Å²) in [6.07, 6.45) is 0. The Kier molecular flexibility index (Phi) is 4.79. The maximum absolute atomic E-state index is 12.3. The monoisotopic (exact) mass is 297 g/mol. The van der Waals surface area contributed by atoms with Crippen LogP contribution in [0.4, 0.5) is 0 Å². The van der Waals surface area contributed by atoms with Crippen LogP contribution in [0.1, 0.15) is 46.2 Å². The van der Waals surface area contributed by atoms with Crippen LogP contribution >= 0.6 is 0 Å². The first-order valence-electron chi connectivity index (χ1n) is 7.14. The highest BCUT2D eigenvalue weighted by Gasteiger charge is 2.33. The molecule has 0 bridgehead atoms. The molecule has 0 N–H and O–H groups in total. The second kappa shape index (κ2) is 5.67. The first-order chi connectivity index (χ1) is 8.97. The smallest absolute Gasteiger partial charge is 0.315 e. The van der Waals surface area contributed by atoms with E-state index in [0.717, 1.165) is 11.0 Å². The van der Waals surface area contributed by atoms with E-state index in [9.17, 15) is 4.79 Å². The normalized spacial score (nSPS) is 14.2. The second-order valence-electron chi connectivity index (χ2n) is 7.14. The van der Waals surface area contributed by atoms with Gasteiger partial charge in [-0.1, -0.05) is 24.9 Å². The van der Waals surface area contributed by atoms with Crippen LogP contribution in [0.25, 0.3) is 0 Å².